The maximum absolute atomic E-state index is 4.48. The number of nitrogens with zero attached hydrogens (tertiary/aromatic N) is 1. The van der Waals surface area contributed by atoms with Crippen molar-refractivity contribution in [2.75, 3.05) is 13.3 Å². The van der Waals surface area contributed by atoms with Crippen molar-refractivity contribution >= 4 is 11.9 Å². The van der Waals surface area contributed by atoms with Gasteiger partial charge in [-0.25, -0.2) is 4.31 Å². The number of hydrogen-bond donors (Lipinski definition) is 0. The summed E-state index contributed by atoms with van der Waals surface area (Å²) >= 11 is 1.78. The highest BCUT2D eigenvalue weighted by atomic mass is 32.2. The van der Waals surface area contributed by atoms with Crippen LogP contribution in [0.2, 0.25) is 0 Å². The van der Waals surface area contributed by atoms with Gasteiger partial charge in [0.2, 0.25) is 0 Å². The van der Waals surface area contributed by atoms with Crippen molar-refractivity contribution in [3.05, 3.63) is 59.8 Å². The molecule has 1 fully saturated rings. The highest BCUT2D eigenvalue weighted by molar-refractivity contribution is 7.96. The molecule has 0 radical (unpaired) electrons. The van der Waals surface area contributed by atoms with Crippen LogP contribution in [-0.4, -0.2) is 23.7 Å². The summed E-state index contributed by atoms with van der Waals surface area (Å²) in [4.78, 5) is 0. The van der Waals surface area contributed by atoms with Crippen LogP contribution in [0, 0.1) is 29.6 Å². The van der Waals surface area contributed by atoms with Crippen molar-refractivity contribution in [3.8, 4) is 0 Å². The van der Waals surface area contributed by atoms with Gasteiger partial charge in [0.1, 0.15) is 0 Å². The Kier molecular flexibility index (Phi) is 20.1. The first-order valence-corrected chi connectivity index (χ1v) is 17.9. The summed E-state index contributed by atoms with van der Waals surface area (Å²) < 4.78 is 2.28. The number of rotatable bonds is 20. The molecule has 6 atom stereocenters. The highest BCUT2D eigenvalue weighted by Crippen LogP contribution is 2.34. The minimum Gasteiger partial charge on any atom is -0.247 e. The normalized spacial score (nSPS) is 22.2. The molecule has 0 saturated heterocycles. The molecule has 0 aliphatic heterocycles. The van der Waals surface area contributed by atoms with Crippen LogP contribution in [-0.2, 0) is 0 Å². The Morgan fingerprint density at radius 3 is 2.35 bits per heavy atom. The number of hydrogen-bond acceptors (Lipinski definition) is 2. The fourth-order valence-corrected chi connectivity index (χ4v) is 6.63. The Morgan fingerprint density at radius 1 is 0.925 bits per heavy atom. The van der Waals surface area contributed by atoms with Gasteiger partial charge in [-0.15, -0.1) is 0 Å². The molecule has 0 heterocycles. The summed E-state index contributed by atoms with van der Waals surface area (Å²) in [5.74, 6) is 3.91. The first-order valence-electron chi connectivity index (χ1n) is 16.7. The van der Waals surface area contributed by atoms with Crippen LogP contribution < -0.4 is 0 Å². The van der Waals surface area contributed by atoms with Crippen LogP contribution in [0.5, 0.6) is 0 Å². The predicted octanol–water partition coefficient (Wildman–Crippen LogP) is 12.4. The van der Waals surface area contributed by atoms with Gasteiger partial charge in [-0.1, -0.05) is 151 Å². The molecule has 1 saturated carbocycles. The zero-order valence-corrected chi connectivity index (χ0v) is 29.0. The Hall–Kier alpha value is -0.990. The van der Waals surface area contributed by atoms with Crippen molar-refractivity contribution in [1.82, 2.24) is 4.31 Å². The molecular weight excluding hydrogens is 502 g/mol. The van der Waals surface area contributed by atoms with Gasteiger partial charge in [0.05, 0.1) is 0 Å². The quantitative estimate of drug-likeness (QED) is 0.0620. The maximum atomic E-state index is 4.48. The fourth-order valence-electron chi connectivity index (χ4n) is 6.14. The van der Waals surface area contributed by atoms with Gasteiger partial charge in [0.25, 0.3) is 0 Å². The first kappa shape index (κ1) is 37.0. The van der Waals surface area contributed by atoms with Gasteiger partial charge >= 0.3 is 0 Å². The van der Waals surface area contributed by atoms with Crippen molar-refractivity contribution in [2.45, 2.75) is 138 Å². The molecule has 40 heavy (non-hydrogen) atoms. The molecule has 230 valence electrons. The molecule has 0 bridgehead atoms. The van der Waals surface area contributed by atoms with E-state index in [1.54, 1.807) is 17.5 Å². The number of unbranched alkanes of at least 4 members (excludes halogenated alkanes) is 2. The molecule has 0 N–H and O–H groups in total. The van der Waals surface area contributed by atoms with E-state index < -0.39 is 0 Å². The predicted molar refractivity (Wildman–Crippen MR) is 186 cm³/mol. The van der Waals surface area contributed by atoms with E-state index >= 15 is 0 Å². The summed E-state index contributed by atoms with van der Waals surface area (Å²) in [5.41, 5.74) is 4.35. The average molecular weight is 570 g/mol. The van der Waals surface area contributed by atoms with E-state index in [2.05, 4.69) is 109 Å². The third-order valence-corrected chi connectivity index (χ3v) is 10.7. The van der Waals surface area contributed by atoms with Crippen LogP contribution in [0.25, 0.3) is 0 Å². The van der Waals surface area contributed by atoms with Gasteiger partial charge in [-0.2, -0.15) is 0 Å². The van der Waals surface area contributed by atoms with Gasteiger partial charge in [-0.05, 0) is 95.8 Å². The lowest BCUT2D eigenvalue weighted by Gasteiger charge is -2.28. The van der Waals surface area contributed by atoms with Gasteiger partial charge in [0, 0.05) is 6.04 Å². The average Bonchev–Trinajstić information content (AvgIpc) is 2.95. The summed E-state index contributed by atoms with van der Waals surface area (Å²) in [6.07, 6.45) is 33.6. The summed E-state index contributed by atoms with van der Waals surface area (Å²) in [7, 11) is 2.14. The monoisotopic (exact) mass is 569 g/mol. The van der Waals surface area contributed by atoms with E-state index in [0.29, 0.717) is 23.8 Å². The molecule has 0 aromatic rings. The van der Waals surface area contributed by atoms with Crippen LogP contribution in [0.15, 0.2) is 59.8 Å². The second kappa shape index (κ2) is 21.7. The van der Waals surface area contributed by atoms with Gasteiger partial charge < -0.3 is 0 Å². The molecule has 1 aliphatic rings. The van der Waals surface area contributed by atoms with E-state index in [-0.39, 0.29) is 0 Å². The Labute approximate surface area is 256 Å². The second-order valence-electron chi connectivity index (χ2n) is 13.2. The topological polar surface area (TPSA) is 3.24 Å². The molecule has 0 aromatic carbocycles. The molecule has 0 amide bonds. The van der Waals surface area contributed by atoms with E-state index in [1.165, 1.54) is 81.8 Å². The zero-order chi connectivity index (χ0) is 29.9. The Balaban J connectivity index is 2.27. The third kappa shape index (κ3) is 15.9. The SMILES string of the molecule is C=C(CC(C)/C(C)=C/[C@@H](C)CCCCCC1CCCC(CC)C1)C(C)CC/C=C/C=C/C=C(\C)C(C)N(C)SC. The van der Waals surface area contributed by atoms with Crippen molar-refractivity contribution in [1.29, 1.82) is 0 Å². The smallest absolute Gasteiger partial charge is 0.0380 e. The summed E-state index contributed by atoms with van der Waals surface area (Å²) in [6, 6.07) is 0.453. The van der Waals surface area contributed by atoms with Gasteiger partial charge in [0.15, 0.2) is 0 Å². The van der Waals surface area contributed by atoms with Crippen LogP contribution in [0.4, 0.5) is 0 Å². The molecule has 1 rings (SSSR count). The summed E-state index contributed by atoms with van der Waals surface area (Å²) in [5, 5.41) is 0. The van der Waals surface area contributed by atoms with E-state index in [1.807, 2.05) is 0 Å². The summed E-state index contributed by atoms with van der Waals surface area (Å²) in [6.45, 7) is 20.8. The van der Waals surface area contributed by atoms with E-state index in [0.717, 1.165) is 24.7 Å². The van der Waals surface area contributed by atoms with Crippen molar-refractivity contribution in [3.63, 3.8) is 0 Å². The lowest BCUT2D eigenvalue weighted by atomic mass is 9.78. The maximum Gasteiger partial charge on any atom is 0.0380 e. The zero-order valence-electron chi connectivity index (χ0n) is 28.2. The van der Waals surface area contributed by atoms with Crippen LogP contribution in [0.3, 0.4) is 0 Å². The number of allylic oxidation sites excluding steroid dienone is 8. The van der Waals surface area contributed by atoms with Crippen LogP contribution >= 0.6 is 11.9 Å². The van der Waals surface area contributed by atoms with Gasteiger partial charge in [-0.3, -0.25) is 0 Å². The van der Waals surface area contributed by atoms with Crippen molar-refractivity contribution < 1.29 is 0 Å². The Morgan fingerprint density at radius 2 is 1.65 bits per heavy atom. The molecule has 2 heteroatoms. The van der Waals surface area contributed by atoms with E-state index in [9.17, 15) is 0 Å². The Bertz CT molecular complexity index is 802. The number of likely N-dealkylation sites (N-methyl/N-ethyl adjacent to an activating group) is 1. The lowest BCUT2D eigenvalue weighted by molar-refractivity contribution is 0.244. The molecule has 0 aromatic heterocycles. The standard InChI is InChI=1S/C38H67NS/c1-11-37-25-20-26-38(29-37)24-19-15-16-21-30(2)27-33(5)35(7)28-34(6)31(3)22-17-13-12-14-18-23-32(4)36(8)39(9)40-10/h12-14,18,23,27,30-31,35-38H,6,11,15-17,19-22,24-26,28-29H2,1-5,7-10H3/b13-12+,18-14+,32-23+,33-27+/t30-,31?,35?,36?,37?,38?/m0/s1. The minimum atomic E-state index is 0.453. The minimum absolute atomic E-state index is 0.453. The van der Waals surface area contributed by atoms with Crippen LogP contribution in [0.1, 0.15) is 132 Å². The first-order chi connectivity index (χ1) is 19.1. The third-order valence-electron chi connectivity index (χ3n) is 9.81. The second-order valence-corrected chi connectivity index (χ2v) is 14.1. The molecule has 1 nitrogen and oxygen atoms in total. The fraction of sp³-hybridized carbons (Fsp3) is 0.737. The molecule has 0 spiro atoms. The largest absolute Gasteiger partial charge is 0.247 e. The lowest BCUT2D eigenvalue weighted by Crippen LogP contribution is -2.22. The van der Waals surface area contributed by atoms with E-state index in [4.69, 9.17) is 0 Å². The van der Waals surface area contributed by atoms with Crippen molar-refractivity contribution in [2.24, 2.45) is 29.6 Å². The highest BCUT2D eigenvalue weighted by Gasteiger charge is 2.20. The molecule has 5 unspecified atom stereocenters. The molecular formula is C38H67NS. The molecule has 1 aliphatic carbocycles.